The number of anilines is 2. The standard InChI is InChI=1S/C22H22F3N7O2/c1-2-3-10-31-18-17(29-21(31)30-11-8-26-9-12-30)13-27-32(19(18)33)14-15-4-6-16(7-5-15)28-20(34)22(23,24)25/h4-7,13,26H,8-12,14H2,1H3,(H,28,34). The van der Waals surface area contributed by atoms with Crippen LogP contribution in [-0.2, 0) is 17.9 Å². The summed E-state index contributed by atoms with van der Waals surface area (Å²) in [6.07, 6.45) is -3.45. The van der Waals surface area contributed by atoms with Crippen LogP contribution in [0.1, 0.15) is 12.5 Å². The average Bonchev–Trinajstić information content (AvgIpc) is 3.20. The summed E-state index contributed by atoms with van der Waals surface area (Å²) in [5, 5.41) is 9.30. The lowest BCUT2D eigenvalue weighted by Crippen LogP contribution is -2.44. The van der Waals surface area contributed by atoms with Crippen LogP contribution in [0.3, 0.4) is 0 Å². The minimum absolute atomic E-state index is 0.00119. The molecule has 4 rings (SSSR count). The molecule has 1 aliphatic rings. The van der Waals surface area contributed by atoms with Crippen LogP contribution >= 0.6 is 0 Å². The maximum atomic E-state index is 13.3. The van der Waals surface area contributed by atoms with Gasteiger partial charge in [-0.1, -0.05) is 18.1 Å². The Morgan fingerprint density at radius 1 is 1.21 bits per heavy atom. The molecule has 34 heavy (non-hydrogen) atoms. The van der Waals surface area contributed by atoms with Gasteiger partial charge in [-0.15, -0.1) is 5.92 Å². The highest BCUT2D eigenvalue weighted by atomic mass is 19.4. The van der Waals surface area contributed by atoms with Crippen molar-refractivity contribution in [3.05, 3.63) is 46.4 Å². The quantitative estimate of drug-likeness (QED) is 0.547. The highest BCUT2D eigenvalue weighted by Gasteiger charge is 2.38. The van der Waals surface area contributed by atoms with Gasteiger partial charge in [0.05, 0.1) is 19.3 Å². The molecule has 3 aromatic rings. The molecule has 0 unspecified atom stereocenters. The number of rotatable bonds is 5. The van der Waals surface area contributed by atoms with E-state index >= 15 is 0 Å². The fourth-order valence-corrected chi connectivity index (χ4v) is 3.67. The van der Waals surface area contributed by atoms with Crippen LogP contribution in [0, 0.1) is 11.8 Å². The second-order valence-corrected chi connectivity index (χ2v) is 7.65. The zero-order valence-electron chi connectivity index (χ0n) is 18.3. The molecule has 1 saturated heterocycles. The Hall–Kier alpha value is -3.85. The molecule has 9 nitrogen and oxygen atoms in total. The normalized spacial score (nSPS) is 14.1. The third-order valence-corrected chi connectivity index (χ3v) is 5.35. The van der Waals surface area contributed by atoms with Gasteiger partial charge in [-0.2, -0.15) is 18.3 Å². The predicted molar refractivity (Wildman–Crippen MR) is 121 cm³/mol. The molecule has 1 aromatic carbocycles. The van der Waals surface area contributed by atoms with E-state index in [0.29, 0.717) is 29.1 Å². The van der Waals surface area contributed by atoms with E-state index in [1.807, 2.05) is 0 Å². The maximum absolute atomic E-state index is 13.3. The van der Waals surface area contributed by atoms with Crippen molar-refractivity contribution in [1.29, 1.82) is 0 Å². The number of nitrogens with zero attached hydrogens (tertiary/aromatic N) is 5. The van der Waals surface area contributed by atoms with Gasteiger partial charge in [-0.25, -0.2) is 9.67 Å². The van der Waals surface area contributed by atoms with Crippen LogP contribution in [-0.4, -0.2) is 57.6 Å². The number of halogens is 3. The molecular formula is C22H22F3N7O2. The van der Waals surface area contributed by atoms with Crippen molar-refractivity contribution in [2.24, 2.45) is 0 Å². The van der Waals surface area contributed by atoms with Gasteiger partial charge in [0, 0.05) is 31.9 Å². The summed E-state index contributed by atoms with van der Waals surface area (Å²) in [5.74, 6) is 4.47. The second kappa shape index (κ2) is 9.56. The first-order valence-electron chi connectivity index (χ1n) is 10.6. The fraction of sp³-hybridized carbons (Fsp3) is 0.364. The highest BCUT2D eigenvalue weighted by molar-refractivity contribution is 5.94. The Bertz CT molecular complexity index is 1310. The van der Waals surface area contributed by atoms with Crippen molar-refractivity contribution in [2.75, 3.05) is 36.4 Å². The van der Waals surface area contributed by atoms with Crippen LogP contribution in [0.15, 0.2) is 35.3 Å². The zero-order chi connectivity index (χ0) is 24.3. The van der Waals surface area contributed by atoms with E-state index in [1.54, 1.807) is 16.8 Å². The Morgan fingerprint density at radius 3 is 2.56 bits per heavy atom. The van der Waals surface area contributed by atoms with Crippen LogP contribution in [0.5, 0.6) is 0 Å². The number of nitrogens with one attached hydrogen (secondary N) is 2. The van der Waals surface area contributed by atoms with Crippen molar-refractivity contribution < 1.29 is 18.0 Å². The number of hydrogen-bond acceptors (Lipinski definition) is 6. The average molecular weight is 473 g/mol. The number of hydrogen-bond donors (Lipinski definition) is 2. The van der Waals surface area contributed by atoms with Crippen molar-refractivity contribution in [2.45, 2.75) is 26.2 Å². The van der Waals surface area contributed by atoms with Gasteiger partial charge < -0.3 is 15.5 Å². The number of carbonyl (C=O) groups is 1. The van der Waals surface area contributed by atoms with E-state index in [-0.39, 0.29) is 17.8 Å². The minimum atomic E-state index is -4.97. The van der Waals surface area contributed by atoms with Gasteiger partial charge in [0.1, 0.15) is 11.0 Å². The summed E-state index contributed by atoms with van der Waals surface area (Å²) in [6, 6.07) is 5.73. The summed E-state index contributed by atoms with van der Waals surface area (Å²) in [5.41, 5.74) is 1.14. The SMILES string of the molecule is CC#CCn1c(N2CCNCC2)nc2cnn(Cc3ccc(NC(=O)C(F)(F)F)cc3)c(=O)c21. The Labute approximate surface area is 192 Å². The third-order valence-electron chi connectivity index (χ3n) is 5.35. The molecule has 0 bridgehead atoms. The van der Waals surface area contributed by atoms with Crippen molar-refractivity contribution in [3.8, 4) is 11.8 Å². The summed E-state index contributed by atoms with van der Waals surface area (Å²) >= 11 is 0. The lowest BCUT2D eigenvalue weighted by atomic mass is 10.2. The van der Waals surface area contributed by atoms with Gasteiger partial charge in [-0.3, -0.25) is 14.2 Å². The number of carbonyl (C=O) groups excluding carboxylic acids is 1. The van der Waals surface area contributed by atoms with E-state index < -0.39 is 12.1 Å². The molecule has 2 N–H and O–H groups in total. The van der Waals surface area contributed by atoms with Gasteiger partial charge in [0.15, 0.2) is 0 Å². The molecule has 0 saturated carbocycles. The molecule has 0 radical (unpaired) electrons. The van der Waals surface area contributed by atoms with E-state index in [1.165, 1.54) is 35.1 Å². The molecule has 0 aliphatic carbocycles. The fourth-order valence-electron chi connectivity index (χ4n) is 3.67. The molecule has 1 amide bonds. The summed E-state index contributed by atoms with van der Waals surface area (Å²) in [7, 11) is 0. The number of fused-ring (bicyclic) bond motifs is 1. The molecule has 0 spiro atoms. The first-order chi connectivity index (χ1) is 16.3. The molecule has 2 aromatic heterocycles. The van der Waals surface area contributed by atoms with Crippen molar-refractivity contribution in [3.63, 3.8) is 0 Å². The number of benzene rings is 1. The molecule has 0 atom stereocenters. The van der Waals surface area contributed by atoms with Crippen LogP contribution in [0.25, 0.3) is 11.0 Å². The van der Waals surface area contributed by atoms with Crippen LogP contribution < -0.4 is 21.1 Å². The van der Waals surface area contributed by atoms with Crippen LogP contribution in [0.2, 0.25) is 0 Å². The van der Waals surface area contributed by atoms with E-state index in [2.05, 4.69) is 32.1 Å². The van der Waals surface area contributed by atoms with Crippen molar-refractivity contribution >= 4 is 28.6 Å². The van der Waals surface area contributed by atoms with Crippen molar-refractivity contribution in [1.82, 2.24) is 24.6 Å². The lowest BCUT2D eigenvalue weighted by molar-refractivity contribution is -0.167. The number of imidazole rings is 1. The van der Waals surface area contributed by atoms with Crippen LogP contribution in [0.4, 0.5) is 24.8 Å². The Morgan fingerprint density at radius 2 is 1.91 bits per heavy atom. The number of aromatic nitrogens is 4. The highest BCUT2D eigenvalue weighted by Crippen LogP contribution is 2.21. The summed E-state index contributed by atoms with van der Waals surface area (Å²) in [4.78, 5) is 31.1. The first kappa shape index (κ1) is 23.3. The molecular weight excluding hydrogens is 451 g/mol. The van der Waals surface area contributed by atoms with Gasteiger partial charge in [0.2, 0.25) is 5.95 Å². The largest absolute Gasteiger partial charge is 0.471 e. The molecule has 12 heteroatoms. The van der Waals surface area contributed by atoms with E-state index in [4.69, 9.17) is 0 Å². The summed E-state index contributed by atoms with van der Waals surface area (Å²) in [6.45, 7) is 5.25. The van der Waals surface area contributed by atoms with Gasteiger partial charge in [0.25, 0.3) is 5.56 Å². The van der Waals surface area contributed by atoms with Gasteiger partial charge in [-0.05, 0) is 24.6 Å². The zero-order valence-corrected chi connectivity index (χ0v) is 18.3. The lowest BCUT2D eigenvalue weighted by Gasteiger charge is -2.28. The second-order valence-electron chi connectivity index (χ2n) is 7.65. The number of amides is 1. The van der Waals surface area contributed by atoms with Gasteiger partial charge >= 0.3 is 12.1 Å². The Balaban J connectivity index is 1.63. The molecule has 3 heterocycles. The molecule has 1 fully saturated rings. The monoisotopic (exact) mass is 473 g/mol. The molecule has 1 aliphatic heterocycles. The topological polar surface area (TPSA) is 97.1 Å². The molecule has 178 valence electrons. The predicted octanol–water partition coefficient (Wildman–Crippen LogP) is 1.57. The minimum Gasteiger partial charge on any atom is -0.340 e. The Kier molecular flexibility index (Phi) is 6.56. The van der Waals surface area contributed by atoms with E-state index in [9.17, 15) is 22.8 Å². The first-order valence-corrected chi connectivity index (χ1v) is 10.6. The van der Waals surface area contributed by atoms with E-state index in [0.717, 1.165) is 26.2 Å². The summed E-state index contributed by atoms with van der Waals surface area (Å²) < 4.78 is 40.3. The number of piperazine rings is 1. The maximum Gasteiger partial charge on any atom is 0.471 e. The number of alkyl halides is 3. The smallest absolute Gasteiger partial charge is 0.340 e. The third kappa shape index (κ3) is 4.89.